The third kappa shape index (κ3) is 5.96. The molecule has 142 valence electrons. The van der Waals surface area contributed by atoms with Crippen molar-refractivity contribution in [3.63, 3.8) is 0 Å². The monoisotopic (exact) mass is 394 g/mol. The van der Waals surface area contributed by atoms with Crippen molar-refractivity contribution in [1.82, 2.24) is 0 Å². The molecule has 0 radical (unpaired) electrons. The highest BCUT2D eigenvalue weighted by molar-refractivity contribution is 7.99. The molecule has 0 aliphatic heterocycles. The van der Waals surface area contributed by atoms with Gasteiger partial charge in [0.05, 0.1) is 5.75 Å². The lowest BCUT2D eigenvalue weighted by Gasteiger charge is -2.07. The molecular formula is C22H19FN2O2S. The number of anilines is 2. The summed E-state index contributed by atoms with van der Waals surface area (Å²) >= 11 is 1.47. The minimum Gasteiger partial charge on any atom is -0.325 e. The van der Waals surface area contributed by atoms with Crippen LogP contribution in [-0.4, -0.2) is 17.6 Å². The quantitative estimate of drug-likeness (QED) is 0.596. The minimum absolute atomic E-state index is 0.143. The Bertz CT molecular complexity index is 929. The zero-order valence-electron chi connectivity index (χ0n) is 15.0. The van der Waals surface area contributed by atoms with Crippen molar-refractivity contribution < 1.29 is 14.0 Å². The smallest absolute Gasteiger partial charge is 0.255 e. The topological polar surface area (TPSA) is 58.2 Å². The standard InChI is InChI=1S/C22H19FN2O2S/c23-18-10-12-20(13-11-18)24-21(26)15-28-14-16-6-8-17(9-7-16)22(27)25-19-4-2-1-3-5-19/h1-13H,14-15H2,(H,24,26)(H,25,27). The summed E-state index contributed by atoms with van der Waals surface area (Å²) in [6.45, 7) is 0. The van der Waals surface area contributed by atoms with Crippen LogP contribution in [0.15, 0.2) is 78.9 Å². The highest BCUT2D eigenvalue weighted by Crippen LogP contribution is 2.15. The molecule has 4 nitrogen and oxygen atoms in total. The Balaban J connectivity index is 1.44. The normalized spacial score (nSPS) is 10.3. The van der Waals surface area contributed by atoms with E-state index in [1.165, 1.54) is 36.0 Å². The molecule has 2 amide bonds. The first-order chi connectivity index (χ1) is 13.6. The molecule has 0 fully saturated rings. The van der Waals surface area contributed by atoms with Gasteiger partial charge < -0.3 is 10.6 Å². The van der Waals surface area contributed by atoms with Gasteiger partial charge in [0, 0.05) is 22.7 Å². The Morgan fingerprint density at radius 3 is 2.11 bits per heavy atom. The van der Waals surface area contributed by atoms with Crippen LogP contribution < -0.4 is 10.6 Å². The van der Waals surface area contributed by atoms with Crippen molar-refractivity contribution >= 4 is 35.0 Å². The second-order valence-electron chi connectivity index (χ2n) is 6.06. The molecule has 0 unspecified atom stereocenters. The summed E-state index contributed by atoms with van der Waals surface area (Å²) in [6.07, 6.45) is 0. The summed E-state index contributed by atoms with van der Waals surface area (Å²) in [7, 11) is 0. The second kappa shape index (κ2) is 9.71. The molecule has 28 heavy (non-hydrogen) atoms. The zero-order valence-corrected chi connectivity index (χ0v) is 15.8. The number of carbonyl (C=O) groups is 2. The molecule has 0 aliphatic carbocycles. The molecule has 0 atom stereocenters. The van der Waals surface area contributed by atoms with Gasteiger partial charge in [0.2, 0.25) is 5.91 Å². The van der Waals surface area contributed by atoms with Crippen LogP contribution in [0.4, 0.5) is 15.8 Å². The zero-order chi connectivity index (χ0) is 19.8. The van der Waals surface area contributed by atoms with E-state index in [4.69, 9.17) is 0 Å². The van der Waals surface area contributed by atoms with Crippen molar-refractivity contribution in [2.24, 2.45) is 0 Å². The van der Waals surface area contributed by atoms with Crippen LogP contribution in [0.1, 0.15) is 15.9 Å². The van der Waals surface area contributed by atoms with Crippen molar-refractivity contribution in [1.29, 1.82) is 0 Å². The number of benzene rings is 3. The number of thioether (sulfide) groups is 1. The van der Waals surface area contributed by atoms with E-state index in [1.54, 1.807) is 12.1 Å². The molecule has 0 heterocycles. The molecule has 0 saturated heterocycles. The van der Waals surface area contributed by atoms with Crippen LogP contribution in [0.25, 0.3) is 0 Å². The fraction of sp³-hybridized carbons (Fsp3) is 0.0909. The lowest BCUT2D eigenvalue weighted by molar-refractivity contribution is -0.113. The largest absolute Gasteiger partial charge is 0.325 e. The summed E-state index contributed by atoms with van der Waals surface area (Å²) in [5.41, 5.74) is 2.92. The fourth-order valence-electron chi connectivity index (χ4n) is 2.47. The predicted molar refractivity (Wildman–Crippen MR) is 112 cm³/mol. The molecule has 3 aromatic carbocycles. The van der Waals surface area contributed by atoms with Gasteiger partial charge in [-0.25, -0.2) is 4.39 Å². The van der Waals surface area contributed by atoms with Crippen molar-refractivity contribution in [2.45, 2.75) is 5.75 Å². The van der Waals surface area contributed by atoms with Crippen molar-refractivity contribution in [3.8, 4) is 0 Å². The number of amides is 2. The number of rotatable bonds is 7. The maximum absolute atomic E-state index is 12.9. The van der Waals surface area contributed by atoms with Crippen LogP contribution in [-0.2, 0) is 10.5 Å². The summed E-state index contributed by atoms with van der Waals surface area (Å²) < 4.78 is 12.9. The number of carbonyl (C=O) groups excluding carboxylic acids is 2. The van der Waals surface area contributed by atoms with Crippen molar-refractivity contribution in [2.75, 3.05) is 16.4 Å². The molecule has 3 rings (SSSR count). The SMILES string of the molecule is O=C(CSCc1ccc(C(=O)Nc2ccccc2)cc1)Nc1ccc(F)cc1. The summed E-state index contributed by atoms with van der Waals surface area (Å²) in [5, 5.41) is 5.57. The van der Waals surface area contributed by atoms with Gasteiger partial charge >= 0.3 is 0 Å². The second-order valence-corrected chi connectivity index (χ2v) is 7.05. The van der Waals surface area contributed by atoms with E-state index >= 15 is 0 Å². The van der Waals surface area contributed by atoms with Crippen LogP contribution in [0, 0.1) is 5.82 Å². The Labute approximate surface area is 167 Å². The van der Waals surface area contributed by atoms with Gasteiger partial charge in [-0.2, -0.15) is 0 Å². The average Bonchev–Trinajstić information content (AvgIpc) is 2.71. The van der Waals surface area contributed by atoms with Crippen LogP contribution >= 0.6 is 11.8 Å². The Morgan fingerprint density at radius 1 is 0.786 bits per heavy atom. The molecule has 0 aromatic heterocycles. The third-order valence-corrected chi connectivity index (χ3v) is 4.88. The molecule has 3 aromatic rings. The van der Waals surface area contributed by atoms with E-state index in [0.29, 0.717) is 17.0 Å². The number of halogens is 1. The van der Waals surface area contributed by atoms with E-state index < -0.39 is 0 Å². The molecule has 0 aliphatic rings. The van der Waals surface area contributed by atoms with Gasteiger partial charge in [-0.1, -0.05) is 30.3 Å². The molecule has 0 saturated carbocycles. The average molecular weight is 394 g/mol. The summed E-state index contributed by atoms with van der Waals surface area (Å²) in [6, 6.07) is 22.2. The van der Waals surface area contributed by atoms with E-state index in [0.717, 1.165) is 11.3 Å². The van der Waals surface area contributed by atoms with Gasteiger partial charge in [-0.05, 0) is 54.1 Å². The fourth-order valence-corrected chi connectivity index (χ4v) is 3.26. The van der Waals surface area contributed by atoms with Gasteiger partial charge in [-0.3, -0.25) is 9.59 Å². The molecule has 6 heteroatoms. The van der Waals surface area contributed by atoms with Crippen LogP contribution in [0.2, 0.25) is 0 Å². The van der Waals surface area contributed by atoms with Gasteiger partial charge in [0.1, 0.15) is 5.82 Å². The Kier molecular flexibility index (Phi) is 6.81. The van der Waals surface area contributed by atoms with Gasteiger partial charge in [0.15, 0.2) is 0 Å². The lowest BCUT2D eigenvalue weighted by Crippen LogP contribution is -2.14. The summed E-state index contributed by atoms with van der Waals surface area (Å²) in [5.74, 6) is 0.290. The van der Waals surface area contributed by atoms with Gasteiger partial charge in [-0.15, -0.1) is 11.8 Å². The predicted octanol–water partition coefficient (Wildman–Crippen LogP) is 4.95. The van der Waals surface area contributed by atoms with Crippen LogP contribution in [0.3, 0.4) is 0 Å². The highest BCUT2D eigenvalue weighted by Gasteiger charge is 2.07. The minimum atomic E-state index is -0.340. The Hall–Kier alpha value is -3.12. The lowest BCUT2D eigenvalue weighted by atomic mass is 10.1. The van der Waals surface area contributed by atoms with E-state index in [2.05, 4.69) is 10.6 Å². The van der Waals surface area contributed by atoms with Crippen LogP contribution in [0.5, 0.6) is 0 Å². The highest BCUT2D eigenvalue weighted by atomic mass is 32.2. The molecule has 2 N–H and O–H groups in total. The van der Waals surface area contributed by atoms with Crippen molar-refractivity contribution in [3.05, 3.63) is 95.8 Å². The first kappa shape index (κ1) is 19.6. The Morgan fingerprint density at radius 2 is 1.43 bits per heavy atom. The number of hydrogen-bond acceptors (Lipinski definition) is 3. The van der Waals surface area contributed by atoms with E-state index in [-0.39, 0.29) is 23.4 Å². The number of para-hydroxylation sites is 1. The maximum atomic E-state index is 12.9. The maximum Gasteiger partial charge on any atom is 0.255 e. The molecule has 0 bridgehead atoms. The van der Waals surface area contributed by atoms with E-state index in [9.17, 15) is 14.0 Å². The summed E-state index contributed by atoms with van der Waals surface area (Å²) in [4.78, 5) is 24.2. The molecular weight excluding hydrogens is 375 g/mol. The third-order valence-electron chi connectivity index (χ3n) is 3.88. The van der Waals surface area contributed by atoms with E-state index in [1.807, 2.05) is 42.5 Å². The first-order valence-electron chi connectivity index (χ1n) is 8.69. The number of nitrogens with one attached hydrogen (secondary N) is 2. The van der Waals surface area contributed by atoms with Gasteiger partial charge in [0.25, 0.3) is 5.91 Å². The first-order valence-corrected chi connectivity index (χ1v) is 9.84. The number of hydrogen-bond donors (Lipinski definition) is 2. The molecule has 0 spiro atoms.